The van der Waals surface area contributed by atoms with E-state index in [4.69, 9.17) is 16.0 Å². The van der Waals surface area contributed by atoms with Crippen LogP contribution in [0, 0.1) is 0 Å². The first kappa shape index (κ1) is 16.7. The Kier molecular flexibility index (Phi) is 4.97. The molecule has 0 aliphatic carbocycles. The number of rotatable bonds is 6. The number of halogens is 1. The highest BCUT2D eigenvalue weighted by atomic mass is 35.5. The molecule has 0 bridgehead atoms. The second-order valence-corrected chi connectivity index (χ2v) is 6.47. The van der Waals surface area contributed by atoms with Gasteiger partial charge in [-0.2, -0.15) is 5.10 Å². The fraction of sp³-hybridized carbons (Fsp3) is 0.353. The van der Waals surface area contributed by atoms with Crippen molar-refractivity contribution in [2.24, 2.45) is 7.05 Å². The van der Waals surface area contributed by atoms with Gasteiger partial charge in [-0.25, -0.2) is 0 Å². The molecular formula is C17H20ClN5O. The van der Waals surface area contributed by atoms with Gasteiger partial charge in [0.15, 0.2) is 0 Å². The third-order valence-electron chi connectivity index (χ3n) is 3.75. The first-order valence-corrected chi connectivity index (χ1v) is 8.19. The Morgan fingerprint density at radius 1 is 1.25 bits per heavy atom. The lowest BCUT2D eigenvalue weighted by atomic mass is 10.2. The van der Waals surface area contributed by atoms with Crippen LogP contribution in [0.15, 0.2) is 41.1 Å². The van der Waals surface area contributed by atoms with Crippen LogP contribution in [0.3, 0.4) is 0 Å². The molecule has 1 aromatic carbocycles. The van der Waals surface area contributed by atoms with Crippen molar-refractivity contribution in [2.75, 3.05) is 0 Å². The number of aryl methyl sites for hydroxylation is 1. The van der Waals surface area contributed by atoms with Crippen LogP contribution < -0.4 is 0 Å². The summed E-state index contributed by atoms with van der Waals surface area (Å²) < 4.78 is 7.61. The maximum atomic E-state index is 6.01. The summed E-state index contributed by atoms with van der Waals surface area (Å²) >= 11 is 6.01. The molecule has 0 aliphatic rings. The molecule has 0 aliphatic heterocycles. The zero-order valence-electron chi connectivity index (χ0n) is 14.0. The van der Waals surface area contributed by atoms with Gasteiger partial charge in [0, 0.05) is 42.0 Å². The van der Waals surface area contributed by atoms with Gasteiger partial charge in [0.1, 0.15) is 0 Å². The normalized spacial score (nSPS) is 11.6. The SMILES string of the molecule is CC(C)N(Cc1cnn(C)c1)Cc1nnc(-c2cccc(Cl)c2)o1. The Labute approximate surface area is 146 Å². The van der Waals surface area contributed by atoms with Crippen molar-refractivity contribution in [1.82, 2.24) is 24.9 Å². The molecule has 7 heteroatoms. The Morgan fingerprint density at radius 2 is 2.08 bits per heavy atom. The van der Waals surface area contributed by atoms with Gasteiger partial charge in [0.05, 0.1) is 12.7 Å². The molecule has 0 radical (unpaired) electrons. The lowest BCUT2D eigenvalue weighted by Crippen LogP contribution is -2.29. The van der Waals surface area contributed by atoms with Crippen LogP contribution in [0.25, 0.3) is 11.5 Å². The van der Waals surface area contributed by atoms with Crippen molar-refractivity contribution in [2.45, 2.75) is 33.0 Å². The quantitative estimate of drug-likeness (QED) is 0.684. The van der Waals surface area contributed by atoms with Crippen molar-refractivity contribution >= 4 is 11.6 Å². The number of hydrogen-bond donors (Lipinski definition) is 0. The fourth-order valence-corrected chi connectivity index (χ4v) is 2.63. The van der Waals surface area contributed by atoms with Crippen molar-refractivity contribution < 1.29 is 4.42 Å². The minimum atomic E-state index is 0.340. The second-order valence-electron chi connectivity index (χ2n) is 6.03. The number of hydrogen-bond acceptors (Lipinski definition) is 5. The Hall–Kier alpha value is -2.18. The summed E-state index contributed by atoms with van der Waals surface area (Å²) in [5, 5.41) is 13.2. The predicted molar refractivity (Wildman–Crippen MR) is 92.3 cm³/mol. The topological polar surface area (TPSA) is 60.0 Å². The average molecular weight is 346 g/mol. The highest BCUT2D eigenvalue weighted by Gasteiger charge is 2.16. The monoisotopic (exact) mass is 345 g/mol. The summed E-state index contributed by atoms with van der Waals surface area (Å²) in [6.07, 6.45) is 3.89. The molecule has 0 atom stereocenters. The van der Waals surface area contributed by atoms with Gasteiger partial charge in [-0.3, -0.25) is 9.58 Å². The molecule has 6 nitrogen and oxygen atoms in total. The van der Waals surface area contributed by atoms with E-state index in [9.17, 15) is 0 Å². The summed E-state index contributed by atoms with van der Waals surface area (Å²) in [6, 6.07) is 7.74. The predicted octanol–water partition coefficient (Wildman–Crippen LogP) is 3.53. The molecule has 2 heterocycles. The first-order valence-electron chi connectivity index (χ1n) is 7.81. The van der Waals surface area contributed by atoms with E-state index in [0.717, 1.165) is 17.7 Å². The Balaban J connectivity index is 1.73. The van der Waals surface area contributed by atoms with Gasteiger partial charge in [-0.15, -0.1) is 10.2 Å². The molecule has 24 heavy (non-hydrogen) atoms. The van der Waals surface area contributed by atoms with Gasteiger partial charge >= 0.3 is 0 Å². The van der Waals surface area contributed by atoms with Gasteiger partial charge in [0.25, 0.3) is 0 Å². The average Bonchev–Trinajstić information content (AvgIpc) is 3.16. The lowest BCUT2D eigenvalue weighted by Gasteiger charge is -2.24. The zero-order chi connectivity index (χ0) is 17.1. The highest BCUT2D eigenvalue weighted by Crippen LogP contribution is 2.22. The molecule has 126 valence electrons. The van der Waals surface area contributed by atoms with Gasteiger partial charge in [-0.1, -0.05) is 17.7 Å². The molecular weight excluding hydrogens is 326 g/mol. The lowest BCUT2D eigenvalue weighted by molar-refractivity contribution is 0.184. The van der Waals surface area contributed by atoms with E-state index in [1.165, 1.54) is 0 Å². The molecule has 2 aromatic heterocycles. The Morgan fingerprint density at radius 3 is 2.75 bits per heavy atom. The smallest absolute Gasteiger partial charge is 0.247 e. The molecule has 3 rings (SSSR count). The van der Waals surface area contributed by atoms with E-state index >= 15 is 0 Å². The van der Waals surface area contributed by atoms with Crippen LogP contribution in [0.1, 0.15) is 25.3 Å². The minimum absolute atomic E-state index is 0.340. The standard InChI is InChI=1S/C17H20ClN5O/c1-12(2)23(10-13-8-19-22(3)9-13)11-16-20-21-17(24-16)14-5-4-6-15(18)7-14/h4-9,12H,10-11H2,1-3H3. The van der Waals surface area contributed by atoms with Gasteiger partial charge < -0.3 is 4.42 Å². The highest BCUT2D eigenvalue weighted by molar-refractivity contribution is 6.30. The number of nitrogens with zero attached hydrogens (tertiary/aromatic N) is 5. The molecule has 0 amide bonds. The van der Waals surface area contributed by atoms with E-state index in [-0.39, 0.29) is 0 Å². The van der Waals surface area contributed by atoms with E-state index in [1.807, 2.05) is 43.7 Å². The summed E-state index contributed by atoms with van der Waals surface area (Å²) in [7, 11) is 1.92. The van der Waals surface area contributed by atoms with E-state index in [0.29, 0.717) is 29.4 Å². The first-order chi connectivity index (χ1) is 11.5. The van der Waals surface area contributed by atoms with Crippen LogP contribution in [0.5, 0.6) is 0 Å². The summed E-state index contributed by atoms with van der Waals surface area (Å²) in [6.45, 7) is 5.65. The minimum Gasteiger partial charge on any atom is -0.419 e. The molecule has 0 spiro atoms. The van der Waals surface area contributed by atoms with E-state index < -0.39 is 0 Å². The zero-order valence-corrected chi connectivity index (χ0v) is 14.7. The maximum Gasteiger partial charge on any atom is 0.247 e. The summed E-state index contributed by atoms with van der Waals surface area (Å²) in [5.41, 5.74) is 1.98. The summed E-state index contributed by atoms with van der Waals surface area (Å²) in [4.78, 5) is 2.26. The second kappa shape index (κ2) is 7.15. The molecule has 0 fully saturated rings. The van der Waals surface area contributed by atoms with E-state index in [1.54, 1.807) is 4.68 Å². The van der Waals surface area contributed by atoms with Crippen LogP contribution >= 0.6 is 11.6 Å². The van der Waals surface area contributed by atoms with Crippen LogP contribution in [0.4, 0.5) is 0 Å². The number of aromatic nitrogens is 4. The van der Waals surface area contributed by atoms with E-state index in [2.05, 4.69) is 34.0 Å². The van der Waals surface area contributed by atoms with Crippen LogP contribution in [-0.2, 0) is 20.1 Å². The van der Waals surface area contributed by atoms with Crippen LogP contribution in [-0.4, -0.2) is 30.9 Å². The molecule has 0 saturated heterocycles. The van der Waals surface area contributed by atoms with Crippen molar-refractivity contribution in [3.05, 3.63) is 53.1 Å². The molecule has 0 N–H and O–H groups in total. The van der Waals surface area contributed by atoms with Crippen molar-refractivity contribution in [3.8, 4) is 11.5 Å². The van der Waals surface area contributed by atoms with Gasteiger partial charge in [-0.05, 0) is 32.0 Å². The van der Waals surface area contributed by atoms with Crippen molar-refractivity contribution in [3.63, 3.8) is 0 Å². The Bertz CT molecular complexity index is 811. The molecule has 0 saturated carbocycles. The number of benzene rings is 1. The fourth-order valence-electron chi connectivity index (χ4n) is 2.44. The maximum absolute atomic E-state index is 6.01. The summed E-state index contributed by atoms with van der Waals surface area (Å²) in [5.74, 6) is 1.07. The molecule has 3 aromatic rings. The van der Waals surface area contributed by atoms with Gasteiger partial charge in [0.2, 0.25) is 11.8 Å². The van der Waals surface area contributed by atoms with Crippen LogP contribution in [0.2, 0.25) is 5.02 Å². The molecule has 0 unspecified atom stereocenters. The van der Waals surface area contributed by atoms with Crippen molar-refractivity contribution in [1.29, 1.82) is 0 Å². The third-order valence-corrected chi connectivity index (χ3v) is 3.99. The largest absolute Gasteiger partial charge is 0.419 e. The third kappa shape index (κ3) is 4.01.